The Hall–Kier alpha value is -2.12. The van der Waals surface area contributed by atoms with Crippen LogP contribution in [0.4, 0.5) is 5.69 Å². The number of piperidine rings is 1. The van der Waals surface area contributed by atoms with Gasteiger partial charge in [0.2, 0.25) is 11.8 Å². The zero-order valence-electron chi connectivity index (χ0n) is 12.3. The third kappa shape index (κ3) is 3.50. The molecular weight excluding hydrogens is 266 g/mol. The highest BCUT2D eigenvalue weighted by atomic mass is 16.2. The summed E-state index contributed by atoms with van der Waals surface area (Å²) in [7, 11) is 0. The van der Waals surface area contributed by atoms with Crippen molar-refractivity contribution in [3.05, 3.63) is 29.3 Å². The summed E-state index contributed by atoms with van der Waals surface area (Å²) in [6.07, 6.45) is 1.24. The second kappa shape index (κ2) is 6.55. The van der Waals surface area contributed by atoms with Gasteiger partial charge in [-0.05, 0) is 36.6 Å². The van der Waals surface area contributed by atoms with Crippen LogP contribution in [0.25, 0.3) is 0 Å². The zero-order valence-corrected chi connectivity index (χ0v) is 12.3. The SMILES string of the molecule is Cc1cc(N2C(=O)CC(C)CC2=O)ccc1C#CCCO. The Kier molecular flexibility index (Phi) is 4.77. The van der Waals surface area contributed by atoms with Crippen LogP contribution in [0.5, 0.6) is 0 Å². The van der Waals surface area contributed by atoms with Crippen molar-refractivity contribution in [3.63, 3.8) is 0 Å². The van der Waals surface area contributed by atoms with Crippen LogP contribution < -0.4 is 4.90 Å². The van der Waals surface area contributed by atoms with E-state index in [2.05, 4.69) is 11.8 Å². The zero-order chi connectivity index (χ0) is 15.4. The van der Waals surface area contributed by atoms with Crippen molar-refractivity contribution in [2.45, 2.75) is 33.1 Å². The first-order valence-corrected chi connectivity index (χ1v) is 7.09. The number of amides is 2. The normalized spacial score (nSPS) is 15.9. The molecule has 0 aliphatic carbocycles. The lowest BCUT2D eigenvalue weighted by Gasteiger charge is -2.28. The van der Waals surface area contributed by atoms with Crippen molar-refractivity contribution in [3.8, 4) is 11.8 Å². The molecule has 1 saturated heterocycles. The lowest BCUT2D eigenvalue weighted by molar-refractivity contribution is -0.130. The van der Waals surface area contributed by atoms with E-state index in [1.54, 1.807) is 6.07 Å². The Labute approximate surface area is 124 Å². The van der Waals surface area contributed by atoms with Crippen molar-refractivity contribution in [2.24, 2.45) is 5.92 Å². The fraction of sp³-hybridized carbons (Fsp3) is 0.412. The molecule has 21 heavy (non-hydrogen) atoms. The van der Waals surface area contributed by atoms with Crippen LogP contribution in [0.15, 0.2) is 18.2 Å². The Balaban J connectivity index is 2.26. The Morgan fingerprint density at radius 3 is 2.52 bits per heavy atom. The van der Waals surface area contributed by atoms with Crippen LogP contribution in [0.3, 0.4) is 0 Å². The van der Waals surface area contributed by atoms with Gasteiger partial charge in [-0.2, -0.15) is 0 Å². The molecule has 0 radical (unpaired) electrons. The van der Waals surface area contributed by atoms with Crippen molar-refractivity contribution in [1.82, 2.24) is 0 Å². The summed E-state index contributed by atoms with van der Waals surface area (Å²) in [6, 6.07) is 5.38. The van der Waals surface area contributed by atoms with Crippen LogP contribution in [0, 0.1) is 24.7 Å². The molecule has 110 valence electrons. The molecule has 0 spiro atoms. The van der Waals surface area contributed by atoms with Crippen LogP contribution in [0.2, 0.25) is 0 Å². The van der Waals surface area contributed by atoms with E-state index in [9.17, 15) is 9.59 Å². The van der Waals surface area contributed by atoms with Gasteiger partial charge in [0.25, 0.3) is 0 Å². The molecule has 0 bridgehead atoms. The fourth-order valence-electron chi connectivity index (χ4n) is 2.42. The molecule has 1 N–H and O–H groups in total. The number of hydrogen-bond donors (Lipinski definition) is 1. The number of imide groups is 1. The van der Waals surface area contributed by atoms with E-state index < -0.39 is 0 Å². The number of aliphatic hydroxyl groups excluding tert-OH is 1. The fourth-order valence-corrected chi connectivity index (χ4v) is 2.42. The van der Waals surface area contributed by atoms with Gasteiger partial charge >= 0.3 is 0 Å². The molecule has 0 saturated carbocycles. The molecule has 2 amide bonds. The van der Waals surface area contributed by atoms with Gasteiger partial charge in [-0.25, -0.2) is 0 Å². The van der Waals surface area contributed by atoms with E-state index in [1.807, 2.05) is 26.0 Å². The molecule has 1 aromatic carbocycles. The van der Waals surface area contributed by atoms with E-state index in [0.29, 0.717) is 24.9 Å². The number of hydrogen-bond acceptors (Lipinski definition) is 3. The topological polar surface area (TPSA) is 57.6 Å². The Morgan fingerprint density at radius 2 is 1.95 bits per heavy atom. The van der Waals surface area contributed by atoms with Crippen LogP contribution in [-0.4, -0.2) is 23.5 Å². The molecule has 0 atom stereocenters. The smallest absolute Gasteiger partial charge is 0.234 e. The van der Waals surface area contributed by atoms with E-state index in [-0.39, 0.29) is 24.3 Å². The number of rotatable bonds is 2. The van der Waals surface area contributed by atoms with Crippen molar-refractivity contribution in [1.29, 1.82) is 0 Å². The minimum absolute atomic E-state index is 0.0408. The third-order valence-electron chi connectivity index (χ3n) is 3.47. The first-order valence-electron chi connectivity index (χ1n) is 7.09. The number of nitrogens with zero attached hydrogens (tertiary/aromatic N) is 1. The predicted octanol–water partition coefficient (Wildman–Crippen LogP) is 2.02. The van der Waals surface area contributed by atoms with Crippen LogP contribution in [-0.2, 0) is 9.59 Å². The minimum Gasteiger partial charge on any atom is -0.395 e. The molecule has 2 rings (SSSR count). The maximum atomic E-state index is 12.1. The number of anilines is 1. The molecule has 1 heterocycles. The summed E-state index contributed by atoms with van der Waals surface area (Å²) in [5.41, 5.74) is 2.37. The lowest BCUT2D eigenvalue weighted by atomic mass is 9.96. The second-order valence-electron chi connectivity index (χ2n) is 5.41. The number of carbonyl (C=O) groups is 2. The van der Waals surface area contributed by atoms with Gasteiger partial charge in [-0.1, -0.05) is 18.8 Å². The first kappa shape index (κ1) is 15.3. The first-order chi connectivity index (χ1) is 10.0. The average Bonchev–Trinajstić information content (AvgIpc) is 2.40. The molecule has 4 heteroatoms. The van der Waals surface area contributed by atoms with Gasteiger partial charge < -0.3 is 5.11 Å². The molecule has 1 aromatic rings. The van der Waals surface area contributed by atoms with Gasteiger partial charge in [0.05, 0.1) is 12.3 Å². The van der Waals surface area contributed by atoms with Gasteiger partial charge in [0, 0.05) is 24.8 Å². The summed E-state index contributed by atoms with van der Waals surface area (Å²) in [5.74, 6) is 5.68. The number of carbonyl (C=O) groups excluding carboxylic acids is 2. The monoisotopic (exact) mass is 285 g/mol. The predicted molar refractivity (Wildman–Crippen MR) is 80.7 cm³/mol. The van der Waals surface area contributed by atoms with E-state index in [1.165, 1.54) is 4.90 Å². The molecule has 0 aromatic heterocycles. The number of aliphatic hydroxyl groups is 1. The van der Waals surface area contributed by atoms with Gasteiger partial charge in [-0.15, -0.1) is 0 Å². The van der Waals surface area contributed by atoms with Crippen LogP contribution in [0.1, 0.15) is 37.3 Å². The summed E-state index contributed by atoms with van der Waals surface area (Å²) < 4.78 is 0. The molecule has 1 aliphatic rings. The molecule has 4 nitrogen and oxygen atoms in total. The van der Waals surface area contributed by atoms with Crippen molar-refractivity contribution >= 4 is 17.5 Å². The molecule has 0 unspecified atom stereocenters. The Morgan fingerprint density at radius 1 is 1.29 bits per heavy atom. The van der Waals surface area contributed by atoms with Gasteiger partial charge in [-0.3, -0.25) is 14.5 Å². The van der Waals surface area contributed by atoms with E-state index in [4.69, 9.17) is 5.11 Å². The molecular formula is C17H19NO3. The minimum atomic E-state index is -0.141. The summed E-state index contributed by atoms with van der Waals surface area (Å²) in [4.78, 5) is 25.4. The quantitative estimate of drug-likeness (QED) is 0.668. The van der Waals surface area contributed by atoms with Crippen molar-refractivity contribution < 1.29 is 14.7 Å². The standard InChI is InChI=1S/C17H19NO3/c1-12-9-16(20)18(17(21)10-12)15-7-6-14(13(2)11-15)5-3-4-8-19/h6-7,11-12,19H,4,8-10H2,1-2H3. The summed E-state index contributed by atoms with van der Waals surface area (Å²) >= 11 is 0. The lowest BCUT2D eigenvalue weighted by Crippen LogP contribution is -2.42. The average molecular weight is 285 g/mol. The highest BCUT2D eigenvalue weighted by Crippen LogP contribution is 2.26. The number of benzene rings is 1. The maximum absolute atomic E-state index is 12.1. The van der Waals surface area contributed by atoms with Gasteiger partial charge in [0.15, 0.2) is 0 Å². The largest absolute Gasteiger partial charge is 0.395 e. The van der Waals surface area contributed by atoms with Gasteiger partial charge in [0.1, 0.15) is 0 Å². The Bertz CT molecular complexity index is 607. The third-order valence-corrected chi connectivity index (χ3v) is 3.47. The number of aryl methyl sites for hydroxylation is 1. The highest BCUT2D eigenvalue weighted by Gasteiger charge is 2.31. The highest BCUT2D eigenvalue weighted by molar-refractivity contribution is 6.16. The molecule has 1 fully saturated rings. The van der Waals surface area contributed by atoms with Crippen LogP contribution >= 0.6 is 0 Å². The van der Waals surface area contributed by atoms with E-state index >= 15 is 0 Å². The van der Waals surface area contributed by atoms with E-state index in [0.717, 1.165) is 11.1 Å². The summed E-state index contributed by atoms with van der Waals surface area (Å²) in [6.45, 7) is 3.85. The van der Waals surface area contributed by atoms with Crippen molar-refractivity contribution in [2.75, 3.05) is 11.5 Å². The second-order valence-corrected chi connectivity index (χ2v) is 5.41. The maximum Gasteiger partial charge on any atom is 0.234 e. The summed E-state index contributed by atoms with van der Waals surface area (Å²) in [5, 5.41) is 8.72. The molecule has 1 aliphatic heterocycles.